The highest BCUT2D eigenvalue weighted by molar-refractivity contribution is 6.30. The van der Waals surface area contributed by atoms with Crippen molar-refractivity contribution in [2.75, 3.05) is 26.2 Å². The number of fused-ring (bicyclic) bond motifs is 2. The number of ether oxygens (including phenoxy) is 1. The standard InChI is InChI=1S/C24H25NO6.ClH/c26-18-8-6-7-16-20(18)23(29)21-17(22(16)28)13-15(14-19(21)27)24(30)31-12-5-4-11-25-9-2-1-3-10-25;/h6-8,13-14,26-27H,1-5,9-12H2;1H. The highest BCUT2D eigenvalue weighted by Crippen LogP contribution is 2.37. The lowest BCUT2D eigenvalue weighted by Gasteiger charge is -2.26. The number of carbonyl (C=O) groups excluding carboxylic acids is 3. The highest BCUT2D eigenvalue weighted by Gasteiger charge is 2.35. The summed E-state index contributed by atoms with van der Waals surface area (Å²) in [5.41, 5.74) is -0.367. The Balaban J connectivity index is 0.00000289. The molecule has 1 fully saturated rings. The first kappa shape index (κ1) is 23.8. The van der Waals surface area contributed by atoms with Crippen LogP contribution in [0.1, 0.15) is 74.3 Å². The van der Waals surface area contributed by atoms with Gasteiger partial charge in [0.05, 0.1) is 23.3 Å². The van der Waals surface area contributed by atoms with E-state index >= 15 is 0 Å². The summed E-state index contributed by atoms with van der Waals surface area (Å²) in [4.78, 5) is 40.5. The molecule has 0 radical (unpaired) electrons. The number of hydrogen-bond acceptors (Lipinski definition) is 7. The fourth-order valence-electron chi connectivity index (χ4n) is 4.27. The van der Waals surface area contributed by atoms with E-state index in [4.69, 9.17) is 4.74 Å². The van der Waals surface area contributed by atoms with Crippen LogP contribution in [0.2, 0.25) is 0 Å². The minimum atomic E-state index is -0.655. The van der Waals surface area contributed by atoms with Gasteiger partial charge in [-0.25, -0.2) is 4.79 Å². The predicted octanol–water partition coefficient (Wildman–Crippen LogP) is 3.72. The van der Waals surface area contributed by atoms with Crippen LogP contribution in [0, 0.1) is 0 Å². The number of piperidine rings is 1. The number of nitrogens with zero attached hydrogens (tertiary/aromatic N) is 1. The summed E-state index contributed by atoms with van der Waals surface area (Å²) in [6.45, 7) is 3.48. The Labute approximate surface area is 192 Å². The van der Waals surface area contributed by atoms with E-state index in [0.717, 1.165) is 38.5 Å². The molecule has 2 aliphatic rings. The van der Waals surface area contributed by atoms with Crippen LogP contribution in [0.5, 0.6) is 11.5 Å². The number of rotatable bonds is 6. The molecule has 0 spiro atoms. The van der Waals surface area contributed by atoms with Gasteiger partial charge in [-0.1, -0.05) is 18.6 Å². The molecular weight excluding hydrogens is 434 g/mol. The van der Waals surface area contributed by atoms with Crippen LogP contribution in [-0.4, -0.2) is 58.9 Å². The van der Waals surface area contributed by atoms with Gasteiger partial charge in [-0.05, 0) is 63.5 Å². The Morgan fingerprint density at radius 2 is 1.62 bits per heavy atom. The molecule has 1 saturated heterocycles. The second-order valence-corrected chi connectivity index (χ2v) is 8.02. The maximum Gasteiger partial charge on any atom is 0.338 e. The highest BCUT2D eigenvalue weighted by atomic mass is 35.5. The van der Waals surface area contributed by atoms with Gasteiger partial charge < -0.3 is 19.8 Å². The van der Waals surface area contributed by atoms with Crippen LogP contribution >= 0.6 is 12.4 Å². The van der Waals surface area contributed by atoms with Gasteiger partial charge in [0.25, 0.3) is 0 Å². The maximum atomic E-state index is 12.9. The van der Waals surface area contributed by atoms with Gasteiger partial charge in [-0.15, -0.1) is 12.4 Å². The van der Waals surface area contributed by atoms with Gasteiger partial charge >= 0.3 is 5.97 Å². The number of benzene rings is 2. The zero-order valence-electron chi connectivity index (χ0n) is 17.6. The lowest BCUT2D eigenvalue weighted by atomic mass is 9.82. The third kappa shape index (κ3) is 4.64. The minimum Gasteiger partial charge on any atom is -0.507 e. The van der Waals surface area contributed by atoms with Crippen molar-refractivity contribution in [2.24, 2.45) is 0 Å². The van der Waals surface area contributed by atoms with Crippen LogP contribution < -0.4 is 0 Å². The second kappa shape index (κ2) is 10.1. The molecular formula is C24H26ClNO6. The molecule has 0 bridgehead atoms. The smallest absolute Gasteiger partial charge is 0.338 e. The van der Waals surface area contributed by atoms with Crippen molar-refractivity contribution in [2.45, 2.75) is 32.1 Å². The first-order chi connectivity index (χ1) is 15.0. The van der Waals surface area contributed by atoms with Crippen LogP contribution in [0.15, 0.2) is 30.3 Å². The monoisotopic (exact) mass is 459 g/mol. The van der Waals surface area contributed by atoms with Crippen molar-refractivity contribution in [3.63, 3.8) is 0 Å². The molecule has 4 rings (SSSR count). The summed E-state index contributed by atoms with van der Waals surface area (Å²) in [6, 6.07) is 6.61. The molecule has 0 unspecified atom stereocenters. The quantitative estimate of drug-likeness (QED) is 0.427. The summed E-state index contributed by atoms with van der Waals surface area (Å²) in [5, 5.41) is 20.4. The van der Waals surface area contributed by atoms with Gasteiger partial charge in [0, 0.05) is 11.1 Å². The molecule has 7 nitrogen and oxygen atoms in total. The van der Waals surface area contributed by atoms with E-state index in [0.29, 0.717) is 0 Å². The molecule has 0 aromatic heterocycles. The summed E-state index contributed by atoms with van der Waals surface area (Å²) in [6.07, 6.45) is 5.42. The van der Waals surface area contributed by atoms with Gasteiger partial charge in [-0.3, -0.25) is 9.59 Å². The van der Waals surface area contributed by atoms with E-state index in [1.807, 2.05) is 0 Å². The Morgan fingerprint density at radius 1 is 0.906 bits per heavy atom. The van der Waals surface area contributed by atoms with Crippen molar-refractivity contribution in [1.82, 2.24) is 4.90 Å². The number of phenolic OH excluding ortho intramolecular Hbond substituents is 2. The average molecular weight is 460 g/mol. The number of esters is 1. The zero-order chi connectivity index (χ0) is 22.0. The summed E-state index contributed by atoms with van der Waals surface area (Å²) in [7, 11) is 0. The van der Waals surface area contributed by atoms with Gasteiger partial charge in [0.2, 0.25) is 5.78 Å². The van der Waals surface area contributed by atoms with Crippen LogP contribution in [0.4, 0.5) is 0 Å². The van der Waals surface area contributed by atoms with E-state index < -0.39 is 23.3 Å². The Kier molecular flexibility index (Phi) is 7.53. The lowest BCUT2D eigenvalue weighted by molar-refractivity contribution is 0.0493. The number of halogens is 1. The van der Waals surface area contributed by atoms with Crippen LogP contribution in [0.25, 0.3) is 0 Å². The van der Waals surface area contributed by atoms with Crippen molar-refractivity contribution in [3.8, 4) is 11.5 Å². The third-order valence-corrected chi connectivity index (χ3v) is 5.89. The molecule has 1 aliphatic carbocycles. The van der Waals surface area contributed by atoms with Crippen molar-refractivity contribution < 1.29 is 29.3 Å². The number of carbonyl (C=O) groups is 3. The molecule has 32 heavy (non-hydrogen) atoms. The van der Waals surface area contributed by atoms with E-state index in [9.17, 15) is 24.6 Å². The van der Waals surface area contributed by atoms with Crippen molar-refractivity contribution >= 4 is 29.9 Å². The molecule has 0 atom stereocenters. The zero-order valence-corrected chi connectivity index (χ0v) is 18.5. The van der Waals surface area contributed by atoms with E-state index in [-0.39, 0.29) is 52.6 Å². The molecule has 8 heteroatoms. The fraction of sp³-hybridized carbons (Fsp3) is 0.375. The number of ketones is 2. The summed E-state index contributed by atoms with van der Waals surface area (Å²) >= 11 is 0. The first-order valence-electron chi connectivity index (χ1n) is 10.6. The normalized spacial score (nSPS) is 15.5. The third-order valence-electron chi connectivity index (χ3n) is 5.89. The summed E-state index contributed by atoms with van der Waals surface area (Å²) < 4.78 is 5.31. The van der Waals surface area contributed by atoms with E-state index in [1.54, 1.807) is 0 Å². The second-order valence-electron chi connectivity index (χ2n) is 8.02. The molecule has 0 amide bonds. The Morgan fingerprint density at radius 3 is 2.38 bits per heavy atom. The molecule has 1 heterocycles. The number of hydrogen-bond donors (Lipinski definition) is 2. The largest absolute Gasteiger partial charge is 0.507 e. The van der Waals surface area contributed by atoms with Crippen LogP contribution in [0.3, 0.4) is 0 Å². The van der Waals surface area contributed by atoms with Crippen molar-refractivity contribution in [1.29, 1.82) is 0 Å². The SMILES string of the molecule is Cl.O=C(OCCCCN1CCCCC1)c1cc(O)c2c(c1)C(=O)c1cccc(O)c1C2=O. The lowest BCUT2D eigenvalue weighted by Crippen LogP contribution is -2.30. The number of phenols is 2. The van der Waals surface area contributed by atoms with Gasteiger partial charge in [0.1, 0.15) is 11.5 Å². The van der Waals surface area contributed by atoms with Gasteiger partial charge in [-0.2, -0.15) is 0 Å². The summed E-state index contributed by atoms with van der Waals surface area (Å²) in [5.74, 6) is -2.65. The van der Waals surface area contributed by atoms with Crippen molar-refractivity contribution in [3.05, 3.63) is 58.1 Å². The topological polar surface area (TPSA) is 104 Å². The minimum absolute atomic E-state index is 0. The Bertz CT molecular complexity index is 1050. The molecule has 2 aromatic carbocycles. The molecule has 2 aromatic rings. The van der Waals surface area contributed by atoms with Crippen LogP contribution in [-0.2, 0) is 4.74 Å². The molecule has 1 aliphatic heterocycles. The number of aromatic hydroxyl groups is 2. The number of likely N-dealkylation sites (tertiary alicyclic amines) is 1. The predicted molar refractivity (Wildman–Crippen MR) is 120 cm³/mol. The van der Waals surface area contributed by atoms with E-state index in [2.05, 4.69) is 4.90 Å². The molecule has 0 saturated carbocycles. The maximum absolute atomic E-state index is 12.9. The Hall–Kier alpha value is -2.90. The first-order valence-corrected chi connectivity index (χ1v) is 10.6. The van der Waals surface area contributed by atoms with Gasteiger partial charge in [0.15, 0.2) is 5.78 Å². The molecule has 170 valence electrons. The van der Waals surface area contributed by atoms with E-state index in [1.165, 1.54) is 43.5 Å². The fourth-order valence-corrected chi connectivity index (χ4v) is 4.27. The molecule has 2 N–H and O–H groups in total. The number of unbranched alkanes of at least 4 members (excludes halogenated alkanes) is 1. The average Bonchev–Trinajstić information content (AvgIpc) is 2.77.